The van der Waals surface area contributed by atoms with Crippen LogP contribution < -0.4 is 0 Å². The third-order valence-corrected chi connectivity index (χ3v) is 4.65. The Bertz CT molecular complexity index is 1010. The van der Waals surface area contributed by atoms with E-state index in [0.29, 0.717) is 12.4 Å². The summed E-state index contributed by atoms with van der Waals surface area (Å²) in [6.45, 7) is 0.603. The second-order valence-corrected chi connectivity index (χ2v) is 6.56. The monoisotopic (exact) mass is 391 g/mol. The van der Waals surface area contributed by atoms with Crippen molar-refractivity contribution in [3.63, 3.8) is 0 Å². The maximum Gasteiger partial charge on any atom is 0.237 e. The molecule has 6 heteroatoms. The van der Waals surface area contributed by atoms with Crippen LogP contribution >= 0.6 is 0 Å². The Hall–Kier alpha value is -3.54. The van der Waals surface area contributed by atoms with Gasteiger partial charge >= 0.3 is 0 Å². The van der Waals surface area contributed by atoms with Crippen LogP contribution in [0, 0.1) is 5.82 Å². The van der Waals surface area contributed by atoms with Crippen molar-refractivity contribution in [2.45, 2.75) is 18.9 Å². The number of allylic oxidation sites excluding steroid dienone is 1. The first-order valence-electron chi connectivity index (χ1n) is 9.27. The van der Waals surface area contributed by atoms with E-state index in [1.165, 1.54) is 25.3 Å². The summed E-state index contributed by atoms with van der Waals surface area (Å²) in [5.41, 5.74) is 2.15. The molecule has 0 aliphatic heterocycles. The molecule has 3 aromatic rings. The normalized spacial score (nSPS) is 13.0. The van der Waals surface area contributed by atoms with E-state index in [9.17, 15) is 14.3 Å². The van der Waals surface area contributed by atoms with Crippen molar-refractivity contribution in [1.29, 1.82) is 0 Å². The third kappa shape index (κ3) is 5.25. The maximum atomic E-state index is 13.4. The van der Waals surface area contributed by atoms with Crippen LogP contribution in [-0.4, -0.2) is 33.7 Å². The molecular formula is C23H22FN3O2. The summed E-state index contributed by atoms with van der Waals surface area (Å²) < 4.78 is 15.2. The van der Waals surface area contributed by atoms with Gasteiger partial charge in [0, 0.05) is 38.0 Å². The Morgan fingerprint density at radius 2 is 1.86 bits per heavy atom. The number of nitrogens with zero attached hydrogens (tertiary/aromatic N) is 3. The van der Waals surface area contributed by atoms with E-state index in [1.54, 1.807) is 24.5 Å². The van der Waals surface area contributed by atoms with Crippen LogP contribution in [0.25, 0.3) is 6.08 Å². The number of aliphatic imine (C=N–C) groups is 1. The van der Waals surface area contributed by atoms with Crippen molar-refractivity contribution in [3.8, 4) is 0 Å². The molecule has 0 spiro atoms. The van der Waals surface area contributed by atoms with Gasteiger partial charge in [0.15, 0.2) is 5.76 Å². The molecule has 148 valence electrons. The Morgan fingerprint density at radius 3 is 2.55 bits per heavy atom. The molecular weight excluding hydrogens is 369 g/mol. The molecule has 0 radical (unpaired) electrons. The van der Waals surface area contributed by atoms with E-state index in [-0.39, 0.29) is 11.7 Å². The number of hydrogen-bond acceptors (Lipinski definition) is 4. The van der Waals surface area contributed by atoms with E-state index in [0.717, 1.165) is 23.8 Å². The zero-order valence-electron chi connectivity index (χ0n) is 16.1. The first-order valence-corrected chi connectivity index (χ1v) is 9.27. The number of carbonyl (C=O) groups is 1. The van der Waals surface area contributed by atoms with E-state index >= 15 is 0 Å². The van der Waals surface area contributed by atoms with Crippen LogP contribution in [0.2, 0.25) is 0 Å². The summed E-state index contributed by atoms with van der Waals surface area (Å²) in [5.74, 6) is -0.708. The van der Waals surface area contributed by atoms with Crippen molar-refractivity contribution in [1.82, 2.24) is 9.55 Å². The SMILES string of the molecule is C/N=C\C(=O)/C(O)=C/c1nccn1CC[C@H](c1ccccc1)c1ccc(F)cc1. The first-order chi connectivity index (χ1) is 14.1. The lowest BCUT2D eigenvalue weighted by Gasteiger charge is -2.19. The second kappa shape index (κ2) is 9.59. The fraction of sp³-hybridized carbons (Fsp3) is 0.174. The van der Waals surface area contributed by atoms with Gasteiger partial charge in [0.1, 0.15) is 11.6 Å². The molecule has 1 atom stereocenters. The molecule has 0 saturated heterocycles. The molecule has 29 heavy (non-hydrogen) atoms. The van der Waals surface area contributed by atoms with Gasteiger partial charge in [0.05, 0.1) is 6.21 Å². The molecule has 0 amide bonds. The Labute approximate surface area is 168 Å². The Balaban J connectivity index is 1.82. The lowest BCUT2D eigenvalue weighted by atomic mass is 9.88. The van der Waals surface area contributed by atoms with Crippen LogP contribution in [0.15, 0.2) is 77.7 Å². The molecule has 1 N–H and O–H groups in total. The van der Waals surface area contributed by atoms with E-state index in [2.05, 4.69) is 22.1 Å². The standard InChI is InChI=1S/C23H22FN3O2/c1-25-16-22(29)21(28)15-23-26-12-14-27(23)13-11-20(17-5-3-2-4-6-17)18-7-9-19(24)10-8-18/h2-10,12,14-16,20,28H,11,13H2,1H3/b21-15-,25-16-/t20-/m1/s1. The van der Waals surface area contributed by atoms with Crippen LogP contribution in [-0.2, 0) is 11.3 Å². The average Bonchev–Trinajstić information content (AvgIpc) is 3.17. The number of aromatic nitrogens is 2. The van der Waals surface area contributed by atoms with Crippen molar-refractivity contribution in [2.24, 2.45) is 4.99 Å². The van der Waals surface area contributed by atoms with Crippen molar-refractivity contribution in [2.75, 3.05) is 7.05 Å². The van der Waals surface area contributed by atoms with E-state index in [4.69, 9.17) is 0 Å². The number of benzene rings is 2. The average molecular weight is 391 g/mol. The minimum absolute atomic E-state index is 0.0680. The number of aliphatic hydroxyl groups is 1. The van der Waals surface area contributed by atoms with Gasteiger partial charge in [0.25, 0.3) is 0 Å². The number of aryl methyl sites for hydroxylation is 1. The fourth-order valence-electron chi connectivity index (χ4n) is 3.20. The number of halogens is 1. The van der Waals surface area contributed by atoms with Crippen LogP contribution in [0.4, 0.5) is 4.39 Å². The summed E-state index contributed by atoms with van der Waals surface area (Å²) in [5, 5.41) is 9.94. The number of aliphatic hydroxyl groups excluding tert-OH is 1. The molecule has 0 bridgehead atoms. The number of imidazole rings is 1. The predicted octanol–water partition coefficient (Wildman–Crippen LogP) is 4.41. The number of rotatable bonds is 8. The number of carbonyl (C=O) groups excluding carboxylic acids is 1. The zero-order chi connectivity index (χ0) is 20.6. The topological polar surface area (TPSA) is 67.5 Å². The van der Waals surface area contributed by atoms with Gasteiger partial charge in [-0.3, -0.25) is 9.79 Å². The lowest BCUT2D eigenvalue weighted by Crippen LogP contribution is -2.09. The van der Waals surface area contributed by atoms with Gasteiger partial charge in [-0.05, 0) is 29.7 Å². The third-order valence-electron chi connectivity index (χ3n) is 4.65. The molecule has 3 rings (SSSR count). The van der Waals surface area contributed by atoms with Crippen molar-refractivity contribution < 1.29 is 14.3 Å². The van der Waals surface area contributed by atoms with E-state index < -0.39 is 11.5 Å². The van der Waals surface area contributed by atoms with Gasteiger partial charge in [-0.25, -0.2) is 9.37 Å². The highest BCUT2D eigenvalue weighted by molar-refractivity contribution is 6.35. The number of ketones is 1. The lowest BCUT2D eigenvalue weighted by molar-refractivity contribution is -0.111. The van der Waals surface area contributed by atoms with Gasteiger partial charge in [0.2, 0.25) is 5.78 Å². The highest BCUT2D eigenvalue weighted by atomic mass is 19.1. The van der Waals surface area contributed by atoms with Gasteiger partial charge in [-0.1, -0.05) is 42.5 Å². The zero-order valence-corrected chi connectivity index (χ0v) is 16.1. The second-order valence-electron chi connectivity index (χ2n) is 6.56. The molecule has 0 saturated carbocycles. The minimum Gasteiger partial charge on any atom is -0.504 e. The quantitative estimate of drug-likeness (QED) is 0.351. The molecule has 2 aromatic carbocycles. The number of hydrogen-bond donors (Lipinski definition) is 1. The first kappa shape index (κ1) is 20.2. The van der Waals surface area contributed by atoms with Gasteiger partial charge < -0.3 is 9.67 Å². The highest BCUT2D eigenvalue weighted by Gasteiger charge is 2.15. The summed E-state index contributed by atoms with van der Waals surface area (Å²) in [7, 11) is 1.46. The molecule has 0 unspecified atom stereocenters. The molecule has 1 aromatic heterocycles. The van der Waals surface area contributed by atoms with Crippen LogP contribution in [0.5, 0.6) is 0 Å². The maximum absolute atomic E-state index is 13.4. The van der Waals surface area contributed by atoms with Crippen molar-refractivity contribution in [3.05, 3.63) is 95.5 Å². The van der Waals surface area contributed by atoms with Gasteiger partial charge in [-0.15, -0.1) is 0 Å². The Morgan fingerprint density at radius 1 is 1.17 bits per heavy atom. The molecule has 0 aliphatic carbocycles. The van der Waals surface area contributed by atoms with E-state index in [1.807, 2.05) is 22.8 Å². The van der Waals surface area contributed by atoms with Crippen molar-refractivity contribution >= 4 is 18.1 Å². The predicted molar refractivity (Wildman–Crippen MR) is 112 cm³/mol. The van der Waals surface area contributed by atoms with Gasteiger partial charge in [-0.2, -0.15) is 0 Å². The Kier molecular flexibility index (Phi) is 6.68. The number of Topliss-reactive ketones (excluding diaryl/α,β-unsaturated/α-hetero) is 1. The smallest absolute Gasteiger partial charge is 0.237 e. The minimum atomic E-state index is -0.574. The summed E-state index contributed by atoms with van der Waals surface area (Å²) in [6, 6.07) is 16.6. The van der Waals surface area contributed by atoms with Crippen LogP contribution in [0.1, 0.15) is 29.3 Å². The molecule has 1 heterocycles. The summed E-state index contributed by atoms with van der Waals surface area (Å²) in [6.07, 6.45) is 6.54. The highest BCUT2D eigenvalue weighted by Crippen LogP contribution is 2.29. The molecule has 5 nitrogen and oxygen atoms in total. The largest absolute Gasteiger partial charge is 0.504 e. The summed E-state index contributed by atoms with van der Waals surface area (Å²) >= 11 is 0. The van der Waals surface area contributed by atoms with Crippen LogP contribution in [0.3, 0.4) is 0 Å². The fourth-order valence-corrected chi connectivity index (χ4v) is 3.20. The molecule has 0 aliphatic rings. The molecule has 0 fully saturated rings. The summed E-state index contributed by atoms with van der Waals surface area (Å²) in [4.78, 5) is 19.5.